The summed E-state index contributed by atoms with van der Waals surface area (Å²) in [5.74, 6) is -0.590. The molecule has 2 aromatic carbocycles. The monoisotopic (exact) mass is 474 g/mol. The number of rotatable bonds is 7. The first kappa shape index (κ1) is 23.4. The molecule has 174 valence electrons. The van der Waals surface area contributed by atoms with E-state index in [1.54, 1.807) is 19.1 Å². The summed E-state index contributed by atoms with van der Waals surface area (Å²) in [4.78, 5) is 44.1. The van der Waals surface area contributed by atoms with Crippen molar-refractivity contribution in [2.24, 2.45) is 0 Å². The van der Waals surface area contributed by atoms with Crippen LogP contribution in [0, 0.1) is 6.92 Å². The Hall–Kier alpha value is -3.78. The molecule has 0 aliphatic heterocycles. The van der Waals surface area contributed by atoms with E-state index in [2.05, 4.69) is 15.6 Å². The SMILES string of the molecule is CCc1cccc(CC)c1NC(=O)Cn1cnc2sc(C(=O)Nc3ccccc3)c(C)c2c1=O. The number of amides is 2. The van der Waals surface area contributed by atoms with Crippen LogP contribution < -0.4 is 16.2 Å². The third-order valence-corrected chi connectivity index (χ3v) is 6.93. The molecular weight excluding hydrogens is 448 g/mol. The molecule has 0 saturated heterocycles. The first-order chi connectivity index (χ1) is 16.4. The van der Waals surface area contributed by atoms with E-state index in [1.807, 2.05) is 50.2 Å². The zero-order chi connectivity index (χ0) is 24.2. The highest BCUT2D eigenvalue weighted by atomic mass is 32.1. The summed E-state index contributed by atoms with van der Waals surface area (Å²) >= 11 is 1.17. The number of aryl methyl sites for hydroxylation is 3. The number of hydrogen-bond acceptors (Lipinski definition) is 5. The highest BCUT2D eigenvalue weighted by Crippen LogP contribution is 2.28. The minimum Gasteiger partial charge on any atom is -0.324 e. The van der Waals surface area contributed by atoms with Crippen molar-refractivity contribution in [3.63, 3.8) is 0 Å². The fourth-order valence-electron chi connectivity index (χ4n) is 3.93. The van der Waals surface area contributed by atoms with Crippen LogP contribution in [0.1, 0.15) is 40.2 Å². The number of anilines is 2. The number of carbonyl (C=O) groups is 2. The number of fused-ring (bicyclic) bond motifs is 1. The zero-order valence-electron chi connectivity index (χ0n) is 19.3. The summed E-state index contributed by atoms with van der Waals surface area (Å²) in [6.07, 6.45) is 2.95. The molecule has 0 spiro atoms. The normalized spacial score (nSPS) is 10.9. The number of carbonyl (C=O) groups excluding carboxylic acids is 2. The molecule has 2 aromatic heterocycles. The number of benzene rings is 2. The third kappa shape index (κ3) is 4.63. The van der Waals surface area contributed by atoms with Gasteiger partial charge in [-0.2, -0.15) is 0 Å². The van der Waals surface area contributed by atoms with E-state index in [1.165, 1.54) is 22.2 Å². The molecule has 0 aliphatic rings. The topological polar surface area (TPSA) is 93.1 Å². The number of hydrogen-bond donors (Lipinski definition) is 2. The second-order valence-corrected chi connectivity index (χ2v) is 8.94. The van der Waals surface area contributed by atoms with Crippen molar-refractivity contribution in [2.45, 2.75) is 40.2 Å². The van der Waals surface area contributed by atoms with E-state index in [4.69, 9.17) is 0 Å². The lowest BCUT2D eigenvalue weighted by Crippen LogP contribution is -2.28. The van der Waals surface area contributed by atoms with Crippen LogP contribution >= 0.6 is 11.3 Å². The van der Waals surface area contributed by atoms with Crippen LogP contribution in [-0.2, 0) is 24.2 Å². The Balaban J connectivity index is 1.60. The van der Waals surface area contributed by atoms with Crippen molar-refractivity contribution in [2.75, 3.05) is 10.6 Å². The summed E-state index contributed by atoms with van der Waals surface area (Å²) in [6, 6.07) is 15.1. The van der Waals surface area contributed by atoms with Gasteiger partial charge in [-0.05, 0) is 48.6 Å². The first-order valence-corrected chi connectivity index (χ1v) is 12.0. The maximum atomic E-state index is 13.2. The number of aromatic nitrogens is 2. The van der Waals surface area contributed by atoms with Crippen LogP contribution in [0.2, 0.25) is 0 Å². The molecule has 2 N–H and O–H groups in total. The lowest BCUT2D eigenvalue weighted by molar-refractivity contribution is -0.116. The van der Waals surface area contributed by atoms with Gasteiger partial charge in [0.1, 0.15) is 11.4 Å². The van der Waals surface area contributed by atoms with Gasteiger partial charge in [0.05, 0.1) is 16.6 Å². The van der Waals surface area contributed by atoms with E-state index in [-0.39, 0.29) is 23.9 Å². The average molecular weight is 475 g/mol. The molecule has 4 rings (SSSR count). The molecule has 0 unspecified atom stereocenters. The number of thiophene rings is 1. The largest absolute Gasteiger partial charge is 0.324 e. The fraction of sp³-hybridized carbons (Fsp3) is 0.231. The van der Waals surface area contributed by atoms with Crippen molar-refractivity contribution in [1.82, 2.24) is 9.55 Å². The lowest BCUT2D eigenvalue weighted by atomic mass is 10.0. The summed E-state index contributed by atoms with van der Waals surface area (Å²) in [7, 11) is 0. The van der Waals surface area contributed by atoms with Gasteiger partial charge in [-0.1, -0.05) is 50.2 Å². The van der Waals surface area contributed by atoms with Crippen molar-refractivity contribution >= 4 is 44.7 Å². The van der Waals surface area contributed by atoms with Gasteiger partial charge in [0.2, 0.25) is 5.91 Å². The quantitative estimate of drug-likeness (QED) is 0.403. The number of nitrogens with one attached hydrogen (secondary N) is 2. The maximum Gasteiger partial charge on any atom is 0.266 e. The standard InChI is InChI=1S/C26H26N4O3S/c1-4-17-10-9-11-18(5-2)22(17)29-20(31)14-30-15-27-25-21(26(30)33)16(3)23(34-25)24(32)28-19-12-7-6-8-13-19/h6-13,15H,4-5,14H2,1-3H3,(H,28,32)(H,29,31). The van der Waals surface area contributed by atoms with Gasteiger partial charge >= 0.3 is 0 Å². The van der Waals surface area contributed by atoms with E-state index < -0.39 is 0 Å². The molecule has 0 radical (unpaired) electrons. The smallest absolute Gasteiger partial charge is 0.266 e. The van der Waals surface area contributed by atoms with E-state index >= 15 is 0 Å². The van der Waals surface area contributed by atoms with Crippen LogP contribution in [0.25, 0.3) is 10.2 Å². The molecule has 0 atom stereocenters. The van der Waals surface area contributed by atoms with Crippen molar-refractivity contribution in [1.29, 1.82) is 0 Å². The molecular formula is C26H26N4O3S. The van der Waals surface area contributed by atoms with Crippen molar-refractivity contribution in [3.8, 4) is 0 Å². The predicted octanol–water partition coefficient (Wildman–Crippen LogP) is 4.78. The summed E-state index contributed by atoms with van der Waals surface area (Å²) in [6.45, 7) is 5.65. The summed E-state index contributed by atoms with van der Waals surface area (Å²) in [5.41, 5.74) is 3.81. The van der Waals surface area contributed by atoms with Crippen molar-refractivity contribution in [3.05, 3.63) is 86.8 Å². The lowest BCUT2D eigenvalue weighted by Gasteiger charge is -2.15. The fourth-order valence-corrected chi connectivity index (χ4v) is 4.97. The Labute approximate surface area is 201 Å². The van der Waals surface area contributed by atoms with Crippen LogP contribution in [0.5, 0.6) is 0 Å². The Bertz CT molecular complexity index is 1400. The molecule has 4 aromatic rings. The molecule has 7 nitrogen and oxygen atoms in total. The Morgan fingerprint density at radius 2 is 1.65 bits per heavy atom. The summed E-state index contributed by atoms with van der Waals surface area (Å²) in [5, 5.41) is 6.19. The molecule has 2 amide bonds. The van der Waals surface area contributed by atoms with Crippen LogP contribution in [0.3, 0.4) is 0 Å². The zero-order valence-corrected chi connectivity index (χ0v) is 20.2. The van der Waals surface area contributed by atoms with Gasteiger partial charge in [-0.3, -0.25) is 19.0 Å². The average Bonchev–Trinajstić information content (AvgIpc) is 3.18. The molecule has 0 saturated carbocycles. The van der Waals surface area contributed by atoms with E-state index in [9.17, 15) is 14.4 Å². The molecule has 2 heterocycles. The highest BCUT2D eigenvalue weighted by Gasteiger charge is 2.20. The van der Waals surface area contributed by atoms with Crippen LogP contribution in [0.15, 0.2) is 59.7 Å². The molecule has 8 heteroatoms. The molecule has 34 heavy (non-hydrogen) atoms. The second-order valence-electron chi connectivity index (χ2n) is 7.94. The number of para-hydroxylation sites is 2. The predicted molar refractivity (Wildman–Crippen MR) is 137 cm³/mol. The van der Waals surface area contributed by atoms with Gasteiger partial charge in [-0.15, -0.1) is 11.3 Å². The minimum atomic E-state index is -0.341. The summed E-state index contributed by atoms with van der Waals surface area (Å²) < 4.78 is 1.29. The van der Waals surface area contributed by atoms with Crippen LogP contribution in [0.4, 0.5) is 11.4 Å². The molecule has 0 fully saturated rings. The highest BCUT2D eigenvalue weighted by molar-refractivity contribution is 7.20. The molecule has 0 bridgehead atoms. The van der Waals surface area contributed by atoms with Crippen molar-refractivity contribution < 1.29 is 9.59 Å². The third-order valence-electron chi connectivity index (χ3n) is 5.73. The Kier molecular flexibility index (Phi) is 6.88. The van der Waals surface area contributed by atoms with E-state index in [0.717, 1.165) is 29.7 Å². The maximum absolute atomic E-state index is 13.2. The van der Waals surface area contributed by atoms with E-state index in [0.29, 0.717) is 26.3 Å². The van der Waals surface area contributed by atoms with Gasteiger partial charge in [0.25, 0.3) is 11.5 Å². The Morgan fingerprint density at radius 3 is 2.29 bits per heavy atom. The minimum absolute atomic E-state index is 0.163. The van der Waals surface area contributed by atoms with Crippen LogP contribution in [-0.4, -0.2) is 21.4 Å². The molecule has 0 aliphatic carbocycles. The van der Waals surface area contributed by atoms with Gasteiger partial charge in [0, 0.05) is 11.4 Å². The Morgan fingerprint density at radius 1 is 0.971 bits per heavy atom. The van der Waals surface area contributed by atoms with Gasteiger partial charge in [-0.25, -0.2) is 4.98 Å². The van der Waals surface area contributed by atoms with Gasteiger partial charge in [0.15, 0.2) is 0 Å². The second kappa shape index (κ2) is 10.0. The first-order valence-electron chi connectivity index (χ1n) is 11.2. The number of nitrogens with zero attached hydrogens (tertiary/aromatic N) is 2. The van der Waals surface area contributed by atoms with Gasteiger partial charge < -0.3 is 10.6 Å².